The van der Waals surface area contributed by atoms with E-state index in [0.717, 1.165) is 6.07 Å². The van der Waals surface area contributed by atoms with Gasteiger partial charge < -0.3 is 4.42 Å². The Morgan fingerprint density at radius 3 is 2.70 bits per heavy atom. The van der Waals surface area contributed by atoms with Gasteiger partial charge in [0.1, 0.15) is 5.82 Å². The van der Waals surface area contributed by atoms with Gasteiger partial charge in [0.2, 0.25) is 5.89 Å². The number of anilines is 1. The second-order valence-electron chi connectivity index (χ2n) is 3.64. The summed E-state index contributed by atoms with van der Waals surface area (Å²) in [7, 11) is 0. The van der Waals surface area contributed by atoms with Crippen molar-refractivity contribution in [3.63, 3.8) is 0 Å². The third-order valence-corrected chi connectivity index (χ3v) is 4.04. The van der Waals surface area contributed by atoms with Crippen LogP contribution in [0.3, 0.4) is 0 Å². The molecular formula is C11H8Cl2FN3O2S. The number of benzene rings is 1. The van der Waals surface area contributed by atoms with Crippen LogP contribution in [0.25, 0.3) is 0 Å². The van der Waals surface area contributed by atoms with Crippen molar-refractivity contribution in [2.24, 2.45) is 0 Å². The molecule has 0 fully saturated rings. The van der Waals surface area contributed by atoms with E-state index in [1.807, 2.05) is 0 Å². The maximum atomic E-state index is 13.9. The molecule has 0 saturated heterocycles. The fourth-order valence-electron chi connectivity index (χ4n) is 1.47. The van der Waals surface area contributed by atoms with Crippen LogP contribution >= 0.6 is 35.0 Å². The summed E-state index contributed by atoms with van der Waals surface area (Å²) in [5.74, 6) is -1.34. The molecule has 5 nitrogen and oxygen atoms in total. The third-order valence-electron chi connectivity index (χ3n) is 2.31. The molecule has 0 radical (unpaired) electrons. The molecule has 0 saturated carbocycles. The fraction of sp³-hybridized carbons (Fsp3) is 0.182. The summed E-state index contributed by atoms with van der Waals surface area (Å²) in [4.78, 5) is 12.4. The molecule has 1 aromatic heterocycles. The second kappa shape index (κ2) is 5.99. The molecular weight excluding hydrogens is 328 g/mol. The van der Waals surface area contributed by atoms with Crippen LogP contribution in [0, 0.1) is 12.7 Å². The van der Waals surface area contributed by atoms with Gasteiger partial charge in [-0.2, -0.15) is 0 Å². The maximum absolute atomic E-state index is 13.9. The Morgan fingerprint density at radius 1 is 1.45 bits per heavy atom. The number of thioether (sulfide) groups is 1. The van der Waals surface area contributed by atoms with Crippen molar-refractivity contribution in [1.82, 2.24) is 10.2 Å². The smallest absolute Gasteiger partial charge is 0.322 e. The molecule has 0 unspecified atom stereocenters. The van der Waals surface area contributed by atoms with Crippen molar-refractivity contribution in [3.8, 4) is 0 Å². The third kappa shape index (κ3) is 2.89. The molecule has 1 heterocycles. The monoisotopic (exact) mass is 335 g/mol. The number of nitrogens with zero attached hydrogens (tertiary/aromatic N) is 2. The minimum atomic E-state index is -0.827. The normalized spacial score (nSPS) is 10.7. The Labute approximate surface area is 127 Å². The second-order valence-corrected chi connectivity index (χ2v) is 5.24. The number of hydrogen-bond acceptors (Lipinski definition) is 5. The van der Waals surface area contributed by atoms with Gasteiger partial charge in [-0.25, -0.2) is 4.39 Å². The molecule has 106 valence electrons. The SMILES string of the molecule is CSc1c(Cl)cc(F)c(C(=O)Nc2nnc(C)o2)c1Cl. The highest BCUT2D eigenvalue weighted by Gasteiger charge is 2.22. The molecule has 0 aliphatic heterocycles. The number of aromatic nitrogens is 2. The van der Waals surface area contributed by atoms with Gasteiger partial charge in [0, 0.05) is 11.8 Å². The van der Waals surface area contributed by atoms with Gasteiger partial charge >= 0.3 is 6.01 Å². The van der Waals surface area contributed by atoms with Crippen LogP contribution < -0.4 is 5.32 Å². The number of rotatable bonds is 3. The summed E-state index contributed by atoms with van der Waals surface area (Å²) in [5.41, 5.74) is -0.323. The Hall–Kier alpha value is -1.31. The molecule has 0 aliphatic carbocycles. The largest absolute Gasteiger partial charge is 0.408 e. The Bertz CT molecular complexity index is 678. The van der Waals surface area contributed by atoms with Crippen molar-refractivity contribution in [2.45, 2.75) is 11.8 Å². The standard InChI is InChI=1S/C11H8Cl2FN3O2S/c1-4-16-17-11(19-4)15-10(18)7-6(14)3-5(12)9(20-2)8(7)13/h3H,1-2H3,(H,15,17,18). The molecule has 0 atom stereocenters. The number of nitrogens with one attached hydrogen (secondary N) is 1. The lowest BCUT2D eigenvalue weighted by Crippen LogP contribution is -2.15. The van der Waals surface area contributed by atoms with Crippen LogP contribution in [0.1, 0.15) is 16.2 Å². The van der Waals surface area contributed by atoms with E-state index in [2.05, 4.69) is 15.5 Å². The van der Waals surface area contributed by atoms with E-state index in [4.69, 9.17) is 27.6 Å². The number of carbonyl (C=O) groups is 1. The van der Waals surface area contributed by atoms with Crippen LogP contribution in [0.5, 0.6) is 0 Å². The molecule has 0 bridgehead atoms. The Morgan fingerprint density at radius 2 is 2.15 bits per heavy atom. The summed E-state index contributed by atoms with van der Waals surface area (Å²) in [6, 6.07) is 0.899. The number of halogens is 3. The highest BCUT2D eigenvalue weighted by molar-refractivity contribution is 7.98. The van der Waals surface area contributed by atoms with Crippen LogP contribution in [0.2, 0.25) is 10.0 Å². The van der Waals surface area contributed by atoms with Crippen LogP contribution in [-0.2, 0) is 0 Å². The average molecular weight is 336 g/mol. The molecule has 1 aromatic carbocycles. The zero-order valence-corrected chi connectivity index (χ0v) is 12.7. The highest BCUT2D eigenvalue weighted by Crippen LogP contribution is 2.37. The van der Waals surface area contributed by atoms with Crippen molar-refractivity contribution in [1.29, 1.82) is 0 Å². The van der Waals surface area contributed by atoms with Gasteiger partial charge in [-0.15, -0.1) is 16.9 Å². The lowest BCUT2D eigenvalue weighted by atomic mass is 10.2. The number of amides is 1. The zero-order valence-electron chi connectivity index (χ0n) is 10.3. The first kappa shape index (κ1) is 15.1. The fourth-order valence-corrected chi connectivity index (χ4v) is 2.99. The van der Waals surface area contributed by atoms with E-state index in [1.54, 1.807) is 13.2 Å². The predicted molar refractivity (Wildman–Crippen MR) is 75.2 cm³/mol. The first-order chi connectivity index (χ1) is 9.43. The molecule has 0 spiro atoms. The number of aryl methyl sites for hydroxylation is 1. The molecule has 0 aliphatic rings. The summed E-state index contributed by atoms with van der Waals surface area (Å²) < 4.78 is 18.9. The van der Waals surface area contributed by atoms with E-state index in [9.17, 15) is 9.18 Å². The molecule has 1 amide bonds. The number of carbonyl (C=O) groups excluding carboxylic acids is 1. The van der Waals surface area contributed by atoms with Gasteiger partial charge in [0.05, 0.1) is 15.6 Å². The Balaban J connectivity index is 2.39. The summed E-state index contributed by atoms with van der Waals surface area (Å²) in [6.07, 6.45) is 1.72. The lowest BCUT2D eigenvalue weighted by molar-refractivity contribution is 0.102. The van der Waals surface area contributed by atoms with Crippen molar-refractivity contribution in [2.75, 3.05) is 11.6 Å². The topological polar surface area (TPSA) is 68.0 Å². The molecule has 2 rings (SSSR count). The van der Waals surface area contributed by atoms with Crippen LogP contribution in [0.4, 0.5) is 10.4 Å². The minimum Gasteiger partial charge on any atom is -0.408 e. The summed E-state index contributed by atoms with van der Waals surface area (Å²) in [6.45, 7) is 1.56. The van der Waals surface area contributed by atoms with Crippen molar-refractivity contribution in [3.05, 3.63) is 33.4 Å². The summed E-state index contributed by atoms with van der Waals surface area (Å²) >= 11 is 13.1. The Kier molecular flexibility index (Phi) is 4.52. The van der Waals surface area contributed by atoms with Gasteiger partial charge in [-0.3, -0.25) is 10.1 Å². The van der Waals surface area contributed by atoms with E-state index >= 15 is 0 Å². The van der Waals surface area contributed by atoms with Crippen molar-refractivity contribution >= 4 is 46.9 Å². The molecule has 1 N–H and O–H groups in total. The average Bonchev–Trinajstić information content (AvgIpc) is 2.74. The van der Waals surface area contributed by atoms with Crippen molar-refractivity contribution < 1.29 is 13.6 Å². The van der Waals surface area contributed by atoms with Gasteiger partial charge in [0.15, 0.2) is 0 Å². The zero-order chi connectivity index (χ0) is 14.9. The maximum Gasteiger partial charge on any atom is 0.322 e. The van der Waals surface area contributed by atoms with E-state index in [0.29, 0.717) is 4.90 Å². The first-order valence-electron chi connectivity index (χ1n) is 5.27. The van der Waals surface area contributed by atoms with E-state index in [-0.39, 0.29) is 27.5 Å². The number of hydrogen-bond donors (Lipinski definition) is 1. The van der Waals surface area contributed by atoms with Gasteiger partial charge in [0.25, 0.3) is 5.91 Å². The van der Waals surface area contributed by atoms with Crippen LogP contribution in [-0.4, -0.2) is 22.4 Å². The van der Waals surface area contributed by atoms with Gasteiger partial charge in [-0.1, -0.05) is 28.3 Å². The quantitative estimate of drug-likeness (QED) is 0.864. The highest BCUT2D eigenvalue weighted by atomic mass is 35.5. The van der Waals surface area contributed by atoms with E-state index < -0.39 is 11.7 Å². The predicted octanol–water partition coefficient (Wildman–Crippen LogP) is 3.80. The summed E-state index contributed by atoms with van der Waals surface area (Å²) in [5, 5.41) is 9.49. The molecule has 9 heteroatoms. The first-order valence-corrected chi connectivity index (χ1v) is 7.25. The van der Waals surface area contributed by atoms with Gasteiger partial charge in [-0.05, 0) is 12.3 Å². The molecule has 20 heavy (non-hydrogen) atoms. The van der Waals surface area contributed by atoms with E-state index in [1.165, 1.54) is 11.8 Å². The molecule has 2 aromatic rings. The lowest BCUT2D eigenvalue weighted by Gasteiger charge is -2.10. The van der Waals surface area contributed by atoms with Crippen LogP contribution in [0.15, 0.2) is 15.4 Å². The minimum absolute atomic E-state index is 0.0590.